The molecule has 1 aromatic rings. The first-order chi connectivity index (χ1) is 7.34. The summed E-state index contributed by atoms with van der Waals surface area (Å²) in [5.41, 5.74) is 1.29. The first kappa shape index (κ1) is 10.5. The lowest BCUT2D eigenvalue weighted by atomic mass is 10.1. The highest BCUT2D eigenvalue weighted by molar-refractivity contribution is 5.26. The molecule has 0 amide bonds. The third-order valence-electron chi connectivity index (χ3n) is 3.29. The summed E-state index contributed by atoms with van der Waals surface area (Å²) >= 11 is 0. The van der Waals surface area contributed by atoms with Gasteiger partial charge in [-0.1, -0.05) is 43.4 Å². The lowest BCUT2D eigenvalue weighted by molar-refractivity contribution is 0.279. The maximum Gasteiger partial charge on any atom is 0.119 e. The van der Waals surface area contributed by atoms with Gasteiger partial charge in [-0.3, -0.25) is 0 Å². The summed E-state index contributed by atoms with van der Waals surface area (Å²) < 4.78 is 5.72. The van der Waals surface area contributed by atoms with Crippen molar-refractivity contribution >= 4 is 0 Å². The molecule has 1 saturated carbocycles. The van der Waals surface area contributed by atoms with Gasteiger partial charge in [0.05, 0.1) is 6.61 Å². The van der Waals surface area contributed by atoms with Crippen LogP contribution in [0.25, 0.3) is 0 Å². The van der Waals surface area contributed by atoms with E-state index in [2.05, 4.69) is 31.2 Å². The third kappa shape index (κ3) is 3.26. The van der Waals surface area contributed by atoms with Crippen LogP contribution in [-0.4, -0.2) is 6.61 Å². The van der Waals surface area contributed by atoms with E-state index < -0.39 is 0 Å². The number of hydrogen-bond acceptors (Lipinski definition) is 1. The summed E-state index contributed by atoms with van der Waals surface area (Å²) in [5, 5.41) is 0. The second-order valence-electron chi connectivity index (χ2n) is 4.60. The number of ether oxygens (including phenoxy) is 1. The average molecular weight is 204 g/mol. The minimum Gasteiger partial charge on any atom is -0.494 e. The van der Waals surface area contributed by atoms with Gasteiger partial charge in [0, 0.05) is 0 Å². The van der Waals surface area contributed by atoms with Gasteiger partial charge in [0.2, 0.25) is 0 Å². The minimum absolute atomic E-state index is 0.883. The van der Waals surface area contributed by atoms with Crippen molar-refractivity contribution in [1.82, 2.24) is 0 Å². The van der Waals surface area contributed by atoms with Gasteiger partial charge in [0.15, 0.2) is 0 Å². The highest BCUT2D eigenvalue weighted by atomic mass is 16.5. The molecule has 0 bridgehead atoms. The molecule has 0 heterocycles. The molecular weight excluding hydrogens is 184 g/mol. The molecule has 1 nitrogen and oxygen atoms in total. The Morgan fingerprint density at radius 3 is 2.47 bits per heavy atom. The Morgan fingerprint density at radius 2 is 1.80 bits per heavy atom. The van der Waals surface area contributed by atoms with Crippen LogP contribution in [-0.2, 0) is 0 Å². The maximum absolute atomic E-state index is 5.72. The fourth-order valence-electron chi connectivity index (χ4n) is 2.28. The van der Waals surface area contributed by atoms with E-state index >= 15 is 0 Å². The number of rotatable bonds is 4. The third-order valence-corrected chi connectivity index (χ3v) is 3.29. The Hall–Kier alpha value is -0.980. The van der Waals surface area contributed by atoms with Gasteiger partial charge in [-0.2, -0.15) is 0 Å². The monoisotopic (exact) mass is 204 g/mol. The topological polar surface area (TPSA) is 9.23 Å². The first-order valence-corrected chi connectivity index (χ1v) is 6.04. The van der Waals surface area contributed by atoms with Crippen molar-refractivity contribution in [3.8, 4) is 5.75 Å². The molecule has 15 heavy (non-hydrogen) atoms. The number of benzene rings is 1. The Morgan fingerprint density at radius 1 is 1.13 bits per heavy atom. The zero-order chi connectivity index (χ0) is 10.5. The van der Waals surface area contributed by atoms with Crippen molar-refractivity contribution in [3.63, 3.8) is 0 Å². The summed E-state index contributed by atoms with van der Waals surface area (Å²) in [6.45, 7) is 2.98. The van der Waals surface area contributed by atoms with Crippen molar-refractivity contribution < 1.29 is 4.74 Å². The second kappa shape index (κ2) is 5.20. The standard InChI is InChI=1S/C14H20O/c1-12-6-8-14(9-7-12)15-11-10-13-4-2-3-5-13/h6-9,13H,2-5,10-11H2,1H3. The van der Waals surface area contributed by atoms with E-state index in [0.29, 0.717) is 0 Å². The molecule has 0 aliphatic heterocycles. The van der Waals surface area contributed by atoms with Crippen LogP contribution in [0.2, 0.25) is 0 Å². The first-order valence-electron chi connectivity index (χ1n) is 6.04. The summed E-state index contributed by atoms with van der Waals surface area (Å²) in [6.07, 6.45) is 6.91. The Bertz CT molecular complexity index is 283. The lowest BCUT2D eigenvalue weighted by Gasteiger charge is -2.10. The minimum atomic E-state index is 0.883. The molecule has 0 radical (unpaired) electrons. The van der Waals surface area contributed by atoms with E-state index in [1.54, 1.807) is 0 Å². The Balaban J connectivity index is 1.71. The quantitative estimate of drug-likeness (QED) is 0.721. The van der Waals surface area contributed by atoms with Crippen LogP contribution in [0.3, 0.4) is 0 Å². The van der Waals surface area contributed by atoms with Gasteiger partial charge in [0.25, 0.3) is 0 Å². The molecule has 1 aliphatic carbocycles. The Kier molecular flexibility index (Phi) is 3.65. The van der Waals surface area contributed by atoms with Crippen LogP contribution in [0, 0.1) is 12.8 Å². The summed E-state index contributed by atoms with van der Waals surface area (Å²) in [7, 11) is 0. The molecule has 0 N–H and O–H groups in total. The van der Waals surface area contributed by atoms with Gasteiger partial charge in [0.1, 0.15) is 5.75 Å². The highest BCUT2D eigenvalue weighted by Crippen LogP contribution is 2.27. The lowest BCUT2D eigenvalue weighted by Crippen LogP contribution is -2.03. The van der Waals surface area contributed by atoms with Gasteiger partial charge in [-0.05, 0) is 31.4 Å². The molecule has 1 heteroatoms. The zero-order valence-electron chi connectivity index (χ0n) is 9.54. The summed E-state index contributed by atoms with van der Waals surface area (Å²) in [5.74, 6) is 1.94. The second-order valence-corrected chi connectivity index (χ2v) is 4.60. The molecular formula is C14H20O. The van der Waals surface area contributed by atoms with Crippen molar-refractivity contribution in [2.75, 3.05) is 6.61 Å². The van der Waals surface area contributed by atoms with Gasteiger partial charge >= 0.3 is 0 Å². The number of hydrogen-bond donors (Lipinski definition) is 0. The van der Waals surface area contributed by atoms with E-state index in [1.807, 2.05) is 0 Å². The molecule has 2 rings (SSSR count). The van der Waals surface area contributed by atoms with E-state index in [9.17, 15) is 0 Å². The fourth-order valence-corrected chi connectivity index (χ4v) is 2.28. The van der Waals surface area contributed by atoms with Crippen LogP contribution in [0.1, 0.15) is 37.7 Å². The van der Waals surface area contributed by atoms with Crippen LogP contribution in [0.5, 0.6) is 5.75 Å². The molecule has 1 aromatic carbocycles. The Labute approximate surface area is 92.5 Å². The van der Waals surface area contributed by atoms with Crippen molar-refractivity contribution in [3.05, 3.63) is 29.8 Å². The fraction of sp³-hybridized carbons (Fsp3) is 0.571. The highest BCUT2D eigenvalue weighted by Gasteiger charge is 2.14. The van der Waals surface area contributed by atoms with Crippen molar-refractivity contribution in [2.45, 2.75) is 39.0 Å². The predicted molar refractivity (Wildman–Crippen MR) is 63.2 cm³/mol. The normalized spacial score (nSPS) is 16.9. The SMILES string of the molecule is Cc1ccc(OCCC2CCCC2)cc1. The maximum atomic E-state index is 5.72. The predicted octanol–water partition coefficient (Wildman–Crippen LogP) is 3.95. The molecule has 0 atom stereocenters. The van der Waals surface area contributed by atoms with E-state index in [4.69, 9.17) is 4.74 Å². The van der Waals surface area contributed by atoms with Crippen molar-refractivity contribution in [1.29, 1.82) is 0 Å². The van der Waals surface area contributed by atoms with Crippen LogP contribution in [0.15, 0.2) is 24.3 Å². The molecule has 1 aliphatic rings. The van der Waals surface area contributed by atoms with Crippen LogP contribution in [0.4, 0.5) is 0 Å². The molecule has 0 aromatic heterocycles. The van der Waals surface area contributed by atoms with Gasteiger partial charge in [-0.25, -0.2) is 0 Å². The zero-order valence-corrected chi connectivity index (χ0v) is 9.54. The van der Waals surface area contributed by atoms with E-state index in [-0.39, 0.29) is 0 Å². The molecule has 0 spiro atoms. The van der Waals surface area contributed by atoms with Gasteiger partial charge < -0.3 is 4.74 Å². The average Bonchev–Trinajstić information content (AvgIpc) is 2.74. The molecule has 1 fully saturated rings. The summed E-state index contributed by atoms with van der Waals surface area (Å²) in [4.78, 5) is 0. The number of aryl methyl sites for hydroxylation is 1. The van der Waals surface area contributed by atoms with Gasteiger partial charge in [-0.15, -0.1) is 0 Å². The largest absolute Gasteiger partial charge is 0.494 e. The van der Waals surface area contributed by atoms with Crippen LogP contribution < -0.4 is 4.74 Å². The smallest absolute Gasteiger partial charge is 0.119 e. The van der Waals surface area contributed by atoms with Crippen LogP contribution >= 0.6 is 0 Å². The molecule has 0 unspecified atom stereocenters. The van der Waals surface area contributed by atoms with E-state index in [1.165, 1.54) is 37.7 Å². The van der Waals surface area contributed by atoms with Crippen molar-refractivity contribution in [2.24, 2.45) is 5.92 Å². The molecule has 82 valence electrons. The van der Waals surface area contributed by atoms with E-state index in [0.717, 1.165) is 18.3 Å². The summed E-state index contributed by atoms with van der Waals surface area (Å²) in [6, 6.07) is 8.32. The molecule has 0 saturated heterocycles.